The van der Waals surface area contributed by atoms with E-state index in [1.54, 1.807) is 0 Å². The summed E-state index contributed by atoms with van der Waals surface area (Å²) in [6.45, 7) is -2.58. The molecule has 332 valence electrons. The minimum Gasteiger partial charge on any atom is -0.394 e. The predicted octanol–water partition coefficient (Wildman–Crippen LogP) is -7.75. The van der Waals surface area contributed by atoms with Gasteiger partial charge in [-0.3, -0.25) is 9.05 Å². The third kappa shape index (κ3) is 12.8. The molecule has 26 heteroatoms. The lowest BCUT2D eigenvalue weighted by atomic mass is 9.84. The predicted molar refractivity (Wildman–Crippen MR) is 183 cm³/mol. The van der Waals surface area contributed by atoms with Crippen LogP contribution in [0.1, 0.15) is 32.1 Å². The second-order valence-corrected chi connectivity index (χ2v) is 15.5. The van der Waals surface area contributed by atoms with Gasteiger partial charge in [-0.15, -0.1) is 0 Å². The third-order valence-electron chi connectivity index (χ3n) is 9.60. The normalized spacial score (nSPS) is 41.4. The molecule has 56 heavy (non-hydrogen) atoms. The van der Waals surface area contributed by atoms with Crippen molar-refractivity contribution in [1.82, 2.24) is 0 Å². The van der Waals surface area contributed by atoms with E-state index in [2.05, 4.69) is 12.6 Å². The van der Waals surface area contributed by atoms with Gasteiger partial charge in [0, 0.05) is 0 Å². The fraction of sp³-hybridized carbons (Fsp3) is 1.00. The molecule has 0 aromatic carbocycles. The number of hydrogen-bond donors (Lipinski definition) is 17. The lowest BCUT2D eigenvalue weighted by Crippen LogP contribution is -2.68. The zero-order chi connectivity index (χ0) is 42.1. The molecule has 9 unspecified atom stereocenters. The number of phosphoric ester groups is 1. The summed E-state index contributed by atoms with van der Waals surface area (Å²) in [4.78, 5) is 10.6. The standard InChI is InChI=1S/C30H57O24PS/c31-9-12-15(35)17(37)23(43)29(50-12)48-7-5-11(33)14(34)22(42)28(45)52-25-20(40)19(39)21(41)26(53-30-24(44)18(38)16(36)13(10-32)51-30)27(25)54-55(46,47)49-6-3-1-2-4-8-56/h11-45,56H,1-10H2,(H,46,47)/t11-,12?,13?,14?,15-,16-,17+,18?,19+,20?,21-,22-,23?,24-,25?,26?,27+,28-,29+,30-/m1/s1. The van der Waals surface area contributed by atoms with Crippen molar-refractivity contribution in [3.8, 4) is 0 Å². The summed E-state index contributed by atoms with van der Waals surface area (Å²) in [7, 11) is -5.25. The Morgan fingerprint density at radius 3 is 1.70 bits per heavy atom. The number of rotatable bonds is 22. The second kappa shape index (κ2) is 23.0. The van der Waals surface area contributed by atoms with Crippen LogP contribution < -0.4 is 0 Å². The Morgan fingerprint density at radius 1 is 0.607 bits per heavy atom. The molecule has 2 aliphatic heterocycles. The molecule has 2 saturated heterocycles. The largest absolute Gasteiger partial charge is 0.472 e. The monoisotopic (exact) mass is 864 g/mol. The minimum atomic E-state index is -5.25. The van der Waals surface area contributed by atoms with E-state index in [4.69, 9.17) is 32.7 Å². The Bertz CT molecular complexity index is 1180. The second-order valence-electron chi connectivity index (χ2n) is 13.7. The van der Waals surface area contributed by atoms with Crippen molar-refractivity contribution in [3.05, 3.63) is 0 Å². The Balaban J connectivity index is 1.78. The van der Waals surface area contributed by atoms with Crippen LogP contribution in [0.3, 0.4) is 0 Å². The van der Waals surface area contributed by atoms with E-state index in [0.29, 0.717) is 18.6 Å². The number of aliphatic hydroxyl groups is 15. The molecule has 0 bridgehead atoms. The lowest BCUT2D eigenvalue weighted by molar-refractivity contribution is -0.347. The van der Waals surface area contributed by atoms with Gasteiger partial charge in [0.2, 0.25) is 0 Å². The quantitative estimate of drug-likeness (QED) is 0.0208. The lowest BCUT2D eigenvalue weighted by Gasteiger charge is -2.48. The van der Waals surface area contributed by atoms with Crippen LogP contribution >= 0.6 is 20.5 Å². The van der Waals surface area contributed by atoms with Crippen molar-refractivity contribution >= 4 is 20.5 Å². The van der Waals surface area contributed by atoms with E-state index < -0.39 is 157 Å². The highest BCUT2D eigenvalue weighted by Gasteiger charge is 2.57. The molecule has 3 aliphatic rings. The maximum absolute atomic E-state index is 13.1. The molecular weight excluding hydrogens is 807 g/mol. The van der Waals surface area contributed by atoms with Crippen LogP contribution in [-0.4, -0.2) is 236 Å². The molecule has 0 aromatic heterocycles. The van der Waals surface area contributed by atoms with Crippen molar-refractivity contribution in [2.45, 2.75) is 155 Å². The molecule has 3 fully saturated rings. The number of ether oxygens (including phenoxy) is 5. The SMILES string of the molecule is O=P(O)(OCCCCCCS)O[C@H]1C(O[C@@H](O)[C@H](O)C(O)[C@H](O)CCO[C@H]2OC(CO)[C@@H](O)[C@H](O)C2O)C(O)[C@H](O)[C@@H](O)C1O[C@H]1OC(CO)[C@@H](O)C(O)[C@H]1O. The van der Waals surface area contributed by atoms with Crippen molar-refractivity contribution in [1.29, 1.82) is 0 Å². The van der Waals surface area contributed by atoms with Gasteiger partial charge in [0.15, 0.2) is 18.9 Å². The molecule has 0 spiro atoms. The number of thiol groups is 1. The molecule has 1 aliphatic carbocycles. The van der Waals surface area contributed by atoms with E-state index in [1.807, 2.05) is 0 Å². The summed E-state index contributed by atoms with van der Waals surface area (Å²) < 4.78 is 49.9. The van der Waals surface area contributed by atoms with Gasteiger partial charge in [0.25, 0.3) is 0 Å². The van der Waals surface area contributed by atoms with Gasteiger partial charge in [0.05, 0.1) is 32.5 Å². The summed E-state index contributed by atoms with van der Waals surface area (Å²) in [6.07, 6.45) is -39.2. The molecule has 3 rings (SSSR count). The van der Waals surface area contributed by atoms with Crippen LogP contribution in [0.25, 0.3) is 0 Å². The molecule has 1 saturated carbocycles. The van der Waals surface area contributed by atoms with E-state index in [0.717, 1.165) is 6.42 Å². The van der Waals surface area contributed by atoms with Gasteiger partial charge in [0.1, 0.15) is 97.7 Å². The summed E-state index contributed by atoms with van der Waals surface area (Å²) in [5.41, 5.74) is 0. The van der Waals surface area contributed by atoms with Crippen LogP contribution in [0.4, 0.5) is 0 Å². The van der Waals surface area contributed by atoms with Crippen molar-refractivity contribution in [2.24, 2.45) is 0 Å². The molecule has 0 amide bonds. The molecule has 24 nitrogen and oxygen atoms in total. The Morgan fingerprint density at radius 2 is 1.12 bits per heavy atom. The molecule has 0 radical (unpaired) electrons. The van der Waals surface area contributed by atoms with Gasteiger partial charge in [-0.2, -0.15) is 12.6 Å². The average molecular weight is 865 g/mol. The van der Waals surface area contributed by atoms with E-state index in [1.165, 1.54) is 0 Å². The maximum atomic E-state index is 13.1. The number of aliphatic hydroxyl groups excluding tert-OH is 15. The molecular formula is C30H57O24PS. The Labute approximate surface area is 326 Å². The number of hydrogen-bond acceptors (Lipinski definition) is 24. The molecule has 16 N–H and O–H groups in total. The summed E-state index contributed by atoms with van der Waals surface area (Å²) in [5, 5.41) is 155. The van der Waals surface area contributed by atoms with Gasteiger partial charge in [-0.25, -0.2) is 4.57 Å². The highest BCUT2D eigenvalue weighted by Crippen LogP contribution is 2.48. The first-order valence-corrected chi connectivity index (χ1v) is 20.0. The smallest absolute Gasteiger partial charge is 0.394 e. The van der Waals surface area contributed by atoms with Crippen LogP contribution in [0.5, 0.6) is 0 Å². The van der Waals surface area contributed by atoms with Gasteiger partial charge >= 0.3 is 7.82 Å². The summed E-state index contributed by atoms with van der Waals surface area (Å²) in [6, 6.07) is 0. The van der Waals surface area contributed by atoms with Crippen LogP contribution in [0.2, 0.25) is 0 Å². The van der Waals surface area contributed by atoms with E-state index in [9.17, 15) is 86.1 Å². The van der Waals surface area contributed by atoms with Crippen LogP contribution in [0.15, 0.2) is 0 Å². The number of phosphoric acid groups is 1. The van der Waals surface area contributed by atoms with Crippen LogP contribution in [0, 0.1) is 0 Å². The molecule has 21 atom stereocenters. The zero-order valence-electron chi connectivity index (χ0n) is 29.9. The third-order valence-corrected chi connectivity index (χ3v) is 10.9. The van der Waals surface area contributed by atoms with E-state index in [-0.39, 0.29) is 13.0 Å². The summed E-state index contributed by atoms with van der Waals surface area (Å²) >= 11 is 4.10. The van der Waals surface area contributed by atoms with Gasteiger partial charge in [-0.05, 0) is 25.0 Å². The maximum Gasteiger partial charge on any atom is 0.472 e. The first kappa shape index (κ1) is 50.0. The van der Waals surface area contributed by atoms with Gasteiger partial charge < -0.3 is 105 Å². The van der Waals surface area contributed by atoms with Crippen LogP contribution in [-0.2, 0) is 37.3 Å². The fourth-order valence-electron chi connectivity index (χ4n) is 6.19. The van der Waals surface area contributed by atoms with Crippen molar-refractivity contribution in [3.63, 3.8) is 0 Å². The van der Waals surface area contributed by atoms with E-state index >= 15 is 0 Å². The highest BCUT2D eigenvalue weighted by atomic mass is 32.1. The topological polar surface area (TPSA) is 405 Å². The average Bonchev–Trinajstić information content (AvgIpc) is 3.17. The van der Waals surface area contributed by atoms with Crippen molar-refractivity contribution in [2.75, 3.05) is 32.2 Å². The highest BCUT2D eigenvalue weighted by molar-refractivity contribution is 7.80. The van der Waals surface area contributed by atoms with Gasteiger partial charge in [-0.1, -0.05) is 12.8 Å². The Hall–Kier alpha value is -0.340. The summed E-state index contributed by atoms with van der Waals surface area (Å²) in [5.74, 6) is 0.606. The minimum absolute atomic E-state index is 0.264. The fourth-order valence-corrected chi connectivity index (χ4v) is 7.38. The molecule has 2 heterocycles. The Kier molecular flexibility index (Phi) is 20.6. The van der Waals surface area contributed by atoms with Crippen molar-refractivity contribution < 1.29 is 119 Å². The first-order valence-electron chi connectivity index (χ1n) is 17.9. The number of unbranched alkanes of at least 4 members (excludes halogenated alkanes) is 3. The first-order chi connectivity index (χ1) is 26.3. The zero-order valence-corrected chi connectivity index (χ0v) is 31.7. The molecule has 0 aromatic rings.